The van der Waals surface area contributed by atoms with Crippen molar-refractivity contribution < 1.29 is 13.9 Å². The third-order valence-electron chi connectivity index (χ3n) is 4.36. The summed E-state index contributed by atoms with van der Waals surface area (Å²) in [6.07, 6.45) is 6.69. The molecule has 6 nitrogen and oxygen atoms in total. The second kappa shape index (κ2) is 6.49. The molecule has 1 saturated heterocycles. The minimum Gasteiger partial charge on any atom is -0.444 e. The van der Waals surface area contributed by atoms with Crippen LogP contribution >= 0.6 is 0 Å². The van der Waals surface area contributed by atoms with Gasteiger partial charge in [0.1, 0.15) is 11.6 Å². The number of aromatic nitrogens is 3. The van der Waals surface area contributed by atoms with Crippen LogP contribution in [-0.2, 0) is 16.0 Å². The molecule has 0 spiro atoms. The highest BCUT2D eigenvalue weighted by molar-refractivity contribution is 5.85. The number of oxazole rings is 1. The lowest BCUT2D eigenvalue weighted by molar-refractivity contribution is -0.125. The van der Waals surface area contributed by atoms with E-state index in [0.29, 0.717) is 24.8 Å². The number of carbonyl (C=O) groups excluding carboxylic acids is 1. The Bertz CT molecular complexity index is 855. The van der Waals surface area contributed by atoms with E-state index in [1.54, 1.807) is 12.4 Å². The van der Waals surface area contributed by atoms with Crippen LogP contribution in [-0.4, -0.2) is 33.9 Å². The maximum atomic E-state index is 12.4. The van der Waals surface area contributed by atoms with Crippen molar-refractivity contribution in [2.45, 2.75) is 19.3 Å². The van der Waals surface area contributed by atoms with Gasteiger partial charge < -0.3 is 9.15 Å². The van der Waals surface area contributed by atoms with Gasteiger partial charge in [-0.2, -0.15) is 0 Å². The van der Waals surface area contributed by atoms with Crippen molar-refractivity contribution in [3.05, 3.63) is 42.8 Å². The van der Waals surface area contributed by atoms with Gasteiger partial charge in [-0.25, -0.2) is 15.0 Å². The van der Waals surface area contributed by atoms with Gasteiger partial charge in [-0.3, -0.25) is 4.79 Å². The number of rotatable bonds is 4. The lowest BCUT2D eigenvalue weighted by Crippen LogP contribution is -2.25. The fourth-order valence-corrected chi connectivity index (χ4v) is 2.98. The summed E-state index contributed by atoms with van der Waals surface area (Å²) >= 11 is 0. The first kappa shape index (κ1) is 15.0. The van der Waals surface area contributed by atoms with Crippen molar-refractivity contribution >= 4 is 16.7 Å². The predicted molar refractivity (Wildman–Crippen MR) is 87.3 cm³/mol. The van der Waals surface area contributed by atoms with Crippen LogP contribution in [0.4, 0.5) is 0 Å². The summed E-state index contributed by atoms with van der Waals surface area (Å²) in [6.45, 7) is 1.32. The number of ketones is 1. The van der Waals surface area contributed by atoms with Gasteiger partial charge in [0.25, 0.3) is 0 Å². The van der Waals surface area contributed by atoms with E-state index < -0.39 is 0 Å². The van der Waals surface area contributed by atoms with Gasteiger partial charge in [0.15, 0.2) is 12.2 Å². The molecule has 1 aliphatic rings. The number of ether oxygens (including phenoxy) is 1. The molecule has 0 atom stereocenters. The quantitative estimate of drug-likeness (QED) is 0.734. The zero-order valence-corrected chi connectivity index (χ0v) is 13.1. The summed E-state index contributed by atoms with van der Waals surface area (Å²) in [7, 11) is 0. The van der Waals surface area contributed by atoms with Gasteiger partial charge in [0.05, 0.1) is 18.1 Å². The molecule has 3 aromatic rings. The van der Waals surface area contributed by atoms with Crippen LogP contribution in [0, 0.1) is 5.92 Å². The molecule has 0 unspecified atom stereocenters. The summed E-state index contributed by atoms with van der Waals surface area (Å²) in [5, 5.41) is 0.931. The van der Waals surface area contributed by atoms with Gasteiger partial charge in [-0.05, 0) is 18.9 Å². The molecule has 1 fully saturated rings. The first-order valence-electron chi connectivity index (χ1n) is 8.04. The number of carbonyl (C=O) groups is 1. The van der Waals surface area contributed by atoms with Crippen LogP contribution in [0.1, 0.15) is 18.7 Å². The van der Waals surface area contributed by atoms with E-state index in [2.05, 4.69) is 15.0 Å². The summed E-state index contributed by atoms with van der Waals surface area (Å²) < 4.78 is 10.6. The fourth-order valence-electron chi connectivity index (χ4n) is 2.98. The minimum absolute atomic E-state index is 0.0681. The number of benzene rings is 1. The van der Waals surface area contributed by atoms with E-state index in [4.69, 9.17) is 9.15 Å². The highest BCUT2D eigenvalue weighted by Crippen LogP contribution is 2.23. The maximum Gasteiger partial charge on any atom is 0.181 e. The Hall–Kier alpha value is -2.60. The van der Waals surface area contributed by atoms with E-state index in [1.165, 1.54) is 6.39 Å². The normalized spacial score (nSPS) is 15.7. The van der Waals surface area contributed by atoms with Crippen molar-refractivity contribution in [1.29, 1.82) is 0 Å². The highest BCUT2D eigenvalue weighted by atomic mass is 16.5. The third kappa shape index (κ3) is 3.05. The number of nitrogens with zero attached hydrogens (tertiary/aromatic N) is 3. The molecule has 1 aliphatic heterocycles. The van der Waals surface area contributed by atoms with Crippen LogP contribution in [0.5, 0.6) is 0 Å². The Labute approximate surface area is 138 Å². The number of hydrogen-bond acceptors (Lipinski definition) is 6. The average molecular weight is 323 g/mol. The number of fused-ring (bicyclic) bond motifs is 1. The second-order valence-electron chi connectivity index (χ2n) is 5.96. The molecule has 0 saturated carbocycles. The molecular formula is C18H17N3O3. The van der Waals surface area contributed by atoms with Crippen molar-refractivity contribution in [3.63, 3.8) is 0 Å². The lowest BCUT2D eigenvalue weighted by Gasteiger charge is -2.20. The highest BCUT2D eigenvalue weighted by Gasteiger charge is 2.22. The Morgan fingerprint density at radius 1 is 1.21 bits per heavy atom. The van der Waals surface area contributed by atoms with Crippen LogP contribution in [0.25, 0.3) is 22.2 Å². The van der Waals surface area contributed by atoms with E-state index in [1.807, 2.05) is 18.2 Å². The molecule has 0 bridgehead atoms. The van der Waals surface area contributed by atoms with Gasteiger partial charge >= 0.3 is 0 Å². The minimum atomic E-state index is 0.0681. The standard InChI is InChI=1S/C18H17N3O3/c22-16(12-3-5-23-6-4-12)8-18-20-9-14-2-1-13(7-15(14)21-18)17-10-19-11-24-17/h1-2,7,9-12H,3-6,8H2. The fraction of sp³-hybridized carbons (Fsp3) is 0.333. The first-order valence-corrected chi connectivity index (χ1v) is 8.04. The topological polar surface area (TPSA) is 78.1 Å². The number of Topliss-reactive ketones (excluding diaryl/α,β-unsaturated/α-hetero) is 1. The van der Waals surface area contributed by atoms with Crippen molar-refractivity contribution in [2.24, 2.45) is 5.92 Å². The van der Waals surface area contributed by atoms with Gasteiger partial charge in [0, 0.05) is 36.3 Å². The molecule has 0 aliphatic carbocycles. The van der Waals surface area contributed by atoms with Crippen molar-refractivity contribution in [1.82, 2.24) is 15.0 Å². The predicted octanol–water partition coefficient (Wildman–Crippen LogP) is 2.82. The smallest absolute Gasteiger partial charge is 0.181 e. The molecule has 0 radical (unpaired) electrons. The largest absolute Gasteiger partial charge is 0.444 e. The van der Waals surface area contributed by atoms with Crippen LogP contribution in [0.2, 0.25) is 0 Å². The maximum absolute atomic E-state index is 12.4. The van der Waals surface area contributed by atoms with E-state index in [0.717, 1.165) is 29.3 Å². The van der Waals surface area contributed by atoms with E-state index in [9.17, 15) is 4.79 Å². The van der Waals surface area contributed by atoms with Crippen molar-refractivity contribution in [3.8, 4) is 11.3 Å². The first-order chi connectivity index (χ1) is 11.8. The van der Waals surface area contributed by atoms with Crippen LogP contribution < -0.4 is 0 Å². The molecule has 24 heavy (non-hydrogen) atoms. The summed E-state index contributed by atoms with van der Waals surface area (Å²) in [6, 6.07) is 5.82. The molecule has 0 N–H and O–H groups in total. The molecule has 0 amide bonds. The summed E-state index contributed by atoms with van der Waals surface area (Å²) in [5.41, 5.74) is 1.70. The monoisotopic (exact) mass is 323 g/mol. The lowest BCUT2D eigenvalue weighted by atomic mass is 9.93. The zero-order chi connectivity index (χ0) is 16.4. The molecule has 122 valence electrons. The van der Waals surface area contributed by atoms with E-state index >= 15 is 0 Å². The van der Waals surface area contributed by atoms with Gasteiger partial charge in [0.2, 0.25) is 0 Å². The van der Waals surface area contributed by atoms with Crippen LogP contribution in [0.3, 0.4) is 0 Å². The Morgan fingerprint density at radius 3 is 2.88 bits per heavy atom. The summed E-state index contributed by atoms with van der Waals surface area (Å²) in [4.78, 5) is 25.2. The second-order valence-corrected chi connectivity index (χ2v) is 5.96. The molecule has 1 aromatic carbocycles. The average Bonchev–Trinajstić information content (AvgIpc) is 3.16. The molecular weight excluding hydrogens is 306 g/mol. The SMILES string of the molecule is O=C(Cc1ncc2ccc(-c3cnco3)cc2n1)C1CCOCC1. The summed E-state index contributed by atoms with van der Waals surface area (Å²) in [5.74, 6) is 1.52. The molecule has 3 heterocycles. The zero-order valence-electron chi connectivity index (χ0n) is 13.1. The molecule has 6 heteroatoms. The molecule has 2 aromatic heterocycles. The van der Waals surface area contributed by atoms with Crippen molar-refractivity contribution in [2.75, 3.05) is 13.2 Å². The van der Waals surface area contributed by atoms with Gasteiger partial charge in [-0.15, -0.1) is 0 Å². The molecule has 4 rings (SSSR count). The Morgan fingerprint density at radius 2 is 2.08 bits per heavy atom. The third-order valence-corrected chi connectivity index (χ3v) is 4.36. The van der Waals surface area contributed by atoms with Gasteiger partial charge in [-0.1, -0.05) is 12.1 Å². The Balaban J connectivity index is 1.58. The van der Waals surface area contributed by atoms with Crippen LogP contribution in [0.15, 0.2) is 41.4 Å². The number of hydrogen-bond donors (Lipinski definition) is 0. The van der Waals surface area contributed by atoms with E-state index in [-0.39, 0.29) is 18.1 Å². The Kier molecular flexibility index (Phi) is 4.04.